The Balaban J connectivity index is 2.62. The van der Waals surface area contributed by atoms with Gasteiger partial charge in [0.25, 0.3) is 0 Å². The first kappa shape index (κ1) is 13.7. The fourth-order valence-corrected chi connectivity index (χ4v) is 1.86. The third kappa shape index (κ3) is 4.26. The van der Waals surface area contributed by atoms with Gasteiger partial charge in [0.05, 0.1) is 0 Å². The molecule has 1 N–H and O–H groups in total. The molecular weight excluding hydrogens is 247 g/mol. The minimum atomic E-state index is 0.211. The van der Waals surface area contributed by atoms with Gasteiger partial charge in [-0.15, -0.1) is 0 Å². The Kier molecular flexibility index (Phi) is 6.06. The number of aromatic nitrogens is 1. The molecule has 1 aromatic heterocycles. The third-order valence-electron chi connectivity index (χ3n) is 2.37. The lowest BCUT2D eigenvalue weighted by atomic mass is 10.2. The van der Waals surface area contributed by atoms with Crippen LogP contribution in [0.2, 0.25) is 10.2 Å². The maximum atomic E-state index is 8.79. The van der Waals surface area contributed by atoms with Gasteiger partial charge in [-0.25, -0.2) is 4.98 Å². The normalized spacial score (nSPS) is 11.1. The highest BCUT2D eigenvalue weighted by molar-refractivity contribution is 6.34. The molecule has 5 heteroatoms. The molecule has 0 unspecified atom stereocenters. The van der Waals surface area contributed by atoms with Gasteiger partial charge in [-0.1, -0.05) is 30.1 Å². The van der Waals surface area contributed by atoms with Crippen LogP contribution < -0.4 is 0 Å². The fourth-order valence-electron chi connectivity index (χ4n) is 1.44. The summed E-state index contributed by atoms with van der Waals surface area (Å²) in [5.41, 5.74) is 0.964. The topological polar surface area (TPSA) is 36.4 Å². The van der Waals surface area contributed by atoms with Crippen molar-refractivity contribution in [3.05, 3.63) is 28.0 Å². The molecule has 1 aromatic rings. The number of hydrogen-bond donors (Lipinski definition) is 1. The van der Waals surface area contributed by atoms with Gasteiger partial charge in [-0.2, -0.15) is 0 Å². The zero-order valence-corrected chi connectivity index (χ0v) is 10.8. The Morgan fingerprint density at radius 3 is 2.75 bits per heavy atom. The molecule has 0 aliphatic carbocycles. The highest BCUT2D eigenvalue weighted by atomic mass is 35.5. The maximum absolute atomic E-state index is 8.79. The van der Waals surface area contributed by atoms with E-state index in [2.05, 4.69) is 16.8 Å². The van der Waals surface area contributed by atoms with E-state index in [1.807, 2.05) is 0 Å². The summed E-state index contributed by atoms with van der Waals surface area (Å²) >= 11 is 11.8. The van der Waals surface area contributed by atoms with Gasteiger partial charge in [-0.05, 0) is 19.0 Å². The van der Waals surface area contributed by atoms with Gasteiger partial charge in [-0.3, -0.25) is 4.90 Å². The number of aliphatic hydroxyl groups is 1. The molecule has 0 spiro atoms. The highest BCUT2D eigenvalue weighted by Crippen LogP contribution is 2.20. The summed E-state index contributed by atoms with van der Waals surface area (Å²) in [5, 5.41) is 9.84. The zero-order chi connectivity index (χ0) is 12.0. The number of hydrogen-bond acceptors (Lipinski definition) is 3. The summed E-state index contributed by atoms with van der Waals surface area (Å²) in [4.78, 5) is 6.21. The standard InChI is InChI=1S/C11H16Cl2N2O/c1-2-15(4-3-5-16)8-9-7-14-11(13)6-10(9)12/h6-7,16H,2-5,8H2,1H3. The number of nitrogens with zero attached hydrogens (tertiary/aromatic N) is 2. The zero-order valence-electron chi connectivity index (χ0n) is 9.29. The van der Waals surface area contributed by atoms with Crippen LogP contribution in [0.15, 0.2) is 12.3 Å². The lowest BCUT2D eigenvalue weighted by molar-refractivity contribution is 0.225. The quantitative estimate of drug-likeness (QED) is 0.801. The van der Waals surface area contributed by atoms with Gasteiger partial charge in [0.2, 0.25) is 0 Å². The summed E-state index contributed by atoms with van der Waals surface area (Å²) in [7, 11) is 0. The maximum Gasteiger partial charge on any atom is 0.130 e. The molecule has 0 bridgehead atoms. The minimum Gasteiger partial charge on any atom is -0.396 e. The van der Waals surface area contributed by atoms with E-state index in [4.69, 9.17) is 28.3 Å². The first-order valence-electron chi connectivity index (χ1n) is 5.30. The number of rotatable bonds is 6. The minimum absolute atomic E-state index is 0.211. The number of halogens is 2. The van der Waals surface area contributed by atoms with Crippen molar-refractivity contribution in [2.24, 2.45) is 0 Å². The molecule has 0 aliphatic rings. The van der Waals surface area contributed by atoms with Crippen LogP contribution in [0.5, 0.6) is 0 Å². The van der Waals surface area contributed by atoms with E-state index < -0.39 is 0 Å². The predicted octanol–water partition coefficient (Wildman–Crippen LogP) is 2.59. The molecular formula is C11H16Cl2N2O. The lowest BCUT2D eigenvalue weighted by Crippen LogP contribution is -2.24. The molecule has 0 amide bonds. The van der Waals surface area contributed by atoms with Crippen LogP contribution in [0.1, 0.15) is 18.9 Å². The molecule has 16 heavy (non-hydrogen) atoms. The fraction of sp³-hybridized carbons (Fsp3) is 0.545. The summed E-state index contributed by atoms with van der Waals surface area (Å²) in [6.07, 6.45) is 2.47. The second-order valence-corrected chi connectivity index (χ2v) is 4.34. The molecule has 1 heterocycles. The summed E-state index contributed by atoms with van der Waals surface area (Å²) in [5.74, 6) is 0. The molecule has 0 aromatic carbocycles. The lowest BCUT2D eigenvalue weighted by Gasteiger charge is -2.20. The Bertz CT molecular complexity index is 334. The summed E-state index contributed by atoms with van der Waals surface area (Å²) in [6, 6.07) is 1.65. The monoisotopic (exact) mass is 262 g/mol. The van der Waals surface area contributed by atoms with Crippen LogP contribution in [0, 0.1) is 0 Å². The Morgan fingerprint density at radius 2 is 2.19 bits per heavy atom. The van der Waals surface area contributed by atoms with Crippen LogP contribution in [0.25, 0.3) is 0 Å². The first-order valence-corrected chi connectivity index (χ1v) is 6.06. The van der Waals surface area contributed by atoms with Crippen molar-refractivity contribution in [3.8, 4) is 0 Å². The Labute approximate surface area is 106 Å². The van der Waals surface area contributed by atoms with Gasteiger partial charge in [0, 0.05) is 36.5 Å². The molecule has 0 aliphatic heterocycles. The summed E-state index contributed by atoms with van der Waals surface area (Å²) < 4.78 is 0. The van der Waals surface area contributed by atoms with E-state index in [0.717, 1.165) is 31.6 Å². The van der Waals surface area contributed by atoms with E-state index in [1.54, 1.807) is 12.3 Å². The average Bonchev–Trinajstić information content (AvgIpc) is 2.27. The highest BCUT2D eigenvalue weighted by Gasteiger charge is 2.07. The summed E-state index contributed by atoms with van der Waals surface area (Å²) in [6.45, 7) is 4.79. The predicted molar refractivity (Wildman–Crippen MR) is 66.9 cm³/mol. The van der Waals surface area contributed by atoms with E-state index >= 15 is 0 Å². The largest absolute Gasteiger partial charge is 0.396 e. The van der Waals surface area contributed by atoms with Crippen molar-refractivity contribution in [1.29, 1.82) is 0 Å². The second-order valence-electron chi connectivity index (χ2n) is 3.54. The molecule has 3 nitrogen and oxygen atoms in total. The van der Waals surface area contributed by atoms with Crippen molar-refractivity contribution in [2.75, 3.05) is 19.7 Å². The van der Waals surface area contributed by atoms with Crippen molar-refractivity contribution in [3.63, 3.8) is 0 Å². The Hall–Kier alpha value is -0.350. The second kappa shape index (κ2) is 7.07. The first-order chi connectivity index (χ1) is 7.67. The van der Waals surface area contributed by atoms with E-state index in [9.17, 15) is 0 Å². The van der Waals surface area contributed by atoms with Crippen LogP contribution in [0.4, 0.5) is 0 Å². The van der Waals surface area contributed by atoms with Gasteiger partial charge in [0.1, 0.15) is 5.15 Å². The SMILES string of the molecule is CCN(CCCO)Cc1cnc(Cl)cc1Cl. The van der Waals surface area contributed by atoms with E-state index in [1.165, 1.54) is 0 Å². The van der Waals surface area contributed by atoms with Crippen molar-refractivity contribution < 1.29 is 5.11 Å². The molecule has 1 rings (SSSR count). The van der Waals surface area contributed by atoms with Gasteiger partial charge >= 0.3 is 0 Å². The van der Waals surface area contributed by atoms with Crippen LogP contribution in [-0.4, -0.2) is 34.7 Å². The third-order valence-corrected chi connectivity index (χ3v) is 2.93. The molecule has 0 atom stereocenters. The Morgan fingerprint density at radius 1 is 1.44 bits per heavy atom. The van der Waals surface area contributed by atoms with Crippen LogP contribution in [-0.2, 0) is 6.54 Å². The van der Waals surface area contributed by atoms with Crippen LogP contribution >= 0.6 is 23.2 Å². The molecule has 0 fully saturated rings. The number of pyridine rings is 1. The van der Waals surface area contributed by atoms with E-state index in [-0.39, 0.29) is 6.61 Å². The van der Waals surface area contributed by atoms with E-state index in [0.29, 0.717) is 10.2 Å². The van der Waals surface area contributed by atoms with Crippen LogP contribution in [0.3, 0.4) is 0 Å². The van der Waals surface area contributed by atoms with Gasteiger partial charge in [0.15, 0.2) is 0 Å². The van der Waals surface area contributed by atoms with Crippen molar-refractivity contribution in [2.45, 2.75) is 19.9 Å². The molecule has 0 radical (unpaired) electrons. The number of aliphatic hydroxyl groups excluding tert-OH is 1. The molecule has 90 valence electrons. The smallest absolute Gasteiger partial charge is 0.130 e. The van der Waals surface area contributed by atoms with Crippen molar-refractivity contribution in [1.82, 2.24) is 9.88 Å². The van der Waals surface area contributed by atoms with Gasteiger partial charge < -0.3 is 5.11 Å². The molecule has 0 saturated carbocycles. The molecule has 0 saturated heterocycles. The van der Waals surface area contributed by atoms with Crippen molar-refractivity contribution >= 4 is 23.2 Å². The average molecular weight is 263 g/mol.